The van der Waals surface area contributed by atoms with Crippen LogP contribution < -0.4 is 58.2 Å². The summed E-state index contributed by atoms with van der Waals surface area (Å²) < 4.78 is 3.58. The molecular weight excluding hydrogens is 248 g/mol. The van der Waals surface area contributed by atoms with Gasteiger partial charge in [-0.1, -0.05) is 23.2 Å². The molecule has 0 aromatic rings. The second-order valence-electron chi connectivity index (χ2n) is 0.697. The maximum atomic E-state index is 9.89. The van der Waals surface area contributed by atoms with Crippen molar-refractivity contribution in [3.8, 4) is 0 Å². The molecule has 0 amide bonds. The van der Waals surface area contributed by atoms with Crippen molar-refractivity contribution in [3.63, 3.8) is 0 Å². The van der Waals surface area contributed by atoms with Gasteiger partial charge in [-0.25, -0.2) is 4.79 Å². The minimum absolute atomic E-state index is 0. The number of rotatable bonds is 1. The fourth-order valence-corrected chi connectivity index (χ4v) is 0.303. The van der Waals surface area contributed by atoms with Gasteiger partial charge in [0.15, 0.2) is 0 Å². The molecule has 0 bridgehead atoms. The first-order chi connectivity index (χ1) is 3.18. The molecule has 0 atom stereocenters. The maximum absolute atomic E-state index is 9.89. The summed E-state index contributed by atoms with van der Waals surface area (Å²) in [5, 5.41) is 0. The van der Waals surface area contributed by atoms with E-state index in [1.165, 1.54) is 0 Å². The molecule has 0 radical (unpaired) electrons. The standard InChI is InChI=1S/C2HCl3O2.Rb.H/c3-1(4)2(6)7-5;;/h1H;;/q;+1;-1. The third kappa shape index (κ3) is 6.27. The first-order valence-electron chi connectivity index (χ1n) is 1.29. The number of hydrogen-bond acceptors (Lipinski definition) is 2. The van der Waals surface area contributed by atoms with Crippen molar-refractivity contribution in [2.45, 2.75) is 4.84 Å². The Labute approximate surface area is 112 Å². The molecule has 6 heteroatoms. The molecule has 0 fully saturated rings. The number of halogens is 3. The molecule has 0 heterocycles. The average Bonchev–Trinajstić information content (AvgIpc) is 1.65. The van der Waals surface area contributed by atoms with Crippen molar-refractivity contribution in [3.05, 3.63) is 0 Å². The molecule has 0 aromatic carbocycles. The Hall–Kier alpha value is 2.15. The zero-order chi connectivity index (χ0) is 5.86. The van der Waals surface area contributed by atoms with Gasteiger partial charge in [0.1, 0.15) is 11.9 Å². The minimum Gasteiger partial charge on any atom is -1.00 e. The number of hydrogen-bond donors (Lipinski definition) is 0. The van der Waals surface area contributed by atoms with Crippen LogP contribution in [0.15, 0.2) is 0 Å². The summed E-state index contributed by atoms with van der Waals surface area (Å²) in [5.41, 5.74) is 0. The van der Waals surface area contributed by atoms with Crippen LogP contribution in [0.25, 0.3) is 0 Å². The Morgan fingerprint density at radius 2 is 2.00 bits per heavy atom. The molecule has 0 rings (SSSR count). The van der Waals surface area contributed by atoms with Crippen LogP contribution in [-0.2, 0) is 9.08 Å². The van der Waals surface area contributed by atoms with Crippen molar-refractivity contribution in [1.82, 2.24) is 0 Å². The van der Waals surface area contributed by atoms with Crippen LogP contribution >= 0.6 is 35.1 Å². The summed E-state index contributed by atoms with van der Waals surface area (Å²) in [4.78, 5) is 8.71. The largest absolute Gasteiger partial charge is 1.00 e. The third-order valence-electron chi connectivity index (χ3n) is 0.254. The Morgan fingerprint density at radius 3 is 2.00 bits per heavy atom. The van der Waals surface area contributed by atoms with E-state index in [-0.39, 0.29) is 59.6 Å². The maximum Gasteiger partial charge on any atom is 1.00 e. The Kier molecular flexibility index (Phi) is 11.6. The summed E-state index contributed by atoms with van der Waals surface area (Å²) in [6.07, 6.45) is 0. The number of carbonyl (C=O) groups is 1. The smallest absolute Gasteiger partial charge is 1.00 e. The van der Waals surface area contributed by atoms with Gasteiger partial charge < -0.3 is 5.72 Å². The van der Waals surface area contributed by atoms with Crippen LogP contribution in [0, 0.1) is 0 Å². The normalized spacial score (nSPS) is 8.00. The van der Waals surface area contributed by atoms with E-state index in [0.29, 0.717) is 0 Å². The van der Waals surface area contributed by atoms with Crippen LogP contribution in [0.1, 0.15) is 1.43 Å². The van der Waals surface area contributed by atoms with Crippen LogP contribution in [0.2, 0.25) is 0 Å². The van der Waals surface area contributed by atoms with Crippen LogP contribution in [0.5, 0.6) is 0 Å². The van der Waals surface area contributed by atoms with Gasteiger partial charge in [-0.15, -0.1) is 0 Å². The second-order valence-corrected chi connectivity index (χ2v) is 1.95. The van der Waals surface area contributed by atoms with Gasteiger partial charge >= 0.3 is 64.2 Å². The zero-order valence-electron chi connectivity index (χ0n) is 5.03. The summed E-state index contributed by atoms with van der Waals surface area (Å²) >= 11 is 14.4. The van der Waals surface area contributed by atoms with Gasteiger partial charge in [0, 0.05) is 0 Å². The predicted molar refractivity (Wildman–Crippen MR) is 28.6 cm³/mol. The van der Waals surface area contributed by atoms with Gasteiger partial charge in [-0.05, 0) is 0 Å². The summed E-state index contributed by atoms with van der Waals surface area (Å²) in [6, 6.07) is 0. The van der Waals surface area contributed by atoms with Gasteiger partial charge in [-0.3, -0.25) is 0 Å². The molecule has 0 aliphatic heterocycles. The SMILES string of the molecule is O=C(OCl)C(Cl)Cl.[H-].[Rb+]. The minimum atomic E-state index is -1.18. The molecule has 0 unspecified atom stereocenters. The summed E-state index contributed by atoms with van der Waals surface area (Å²) in [6.45, 7) is 0. The summed E-state index contributed by atoms with van der Waals surface area (Å²) in [7, 11) is 0. The first-order valence-corrected chi connectivity index (χ1v) is 2.47. The molecule has 8 heavy (non-hydrogen) atoms. The molecule has 0 spiro atoms. The van der Waals surface area contributed by atoms with Crippen LogP contribution in [0.3, 0.4) is 0 Å². The van der Waals surface area contributed by atoms with Crippen molar-refractivity contribution in [2.75, 3.05) is 0 Å². The van der Waals surface area contributed by atoms with Crippen LogP contribution in [0.4, 0.5) is 0 Å². The second kappa shape index (κ2) is 7.25. The molecule has 0 aliphatic rings. The quantitative estimate of drug-likeness (QED) is 0.535. The van der Waals surface area contributed by atoms with E-state index in [1.807, 2.05) is 0 Å². The molecule has 0 aromatic heterocycles. The Morgan fingerprint density at radius 1 is 1.62 bits per heavy atom. The fraction of sp³-hybridized carbons (Fsp3) is 0.500. The van der Waals surface area contributed by atoms with E-state index in [0.717, 1.165) is 0 Å². The zero-order valence-corrected chi connectivity index (χ0v) is 11.2. The molecule has 0 saturated carbocycles. The monoisotopic (exact) mass is 248 g/mol. The fourth-order valence-electron chi connectivity index (χ4n) is 0.0337. The van der Waals surface area contributed by atoms with E-state index >= 15 is 0 Å². The Bertz CT molecular complexity index is 80.2. The van der Waals surface area contributed by atoms with E-state index in [2.05, 4.69) is 16.2 Å². The molecule has 44 valence electrons. The molecule has 0 N–H and O–H groups in total. The van der Waals surface area contributed by atoms with E-state index < -0.39 is 10.8 Å². The van der Waals surface area contributed by atoms with Gasteiger partial charge in [0.25, 0.3) is 0 Å². The van der Waals surface area contributed by atoms with Crippen molar-refractivity contribution < 1.29 is 68.7 Å². The van der Waals surface area contributed by atoms with Gasteiger partial charge in [0.05, 0.1) is 0 Å². The van der Waals surface area contributed by atoms with Gasteiger partial charge in [0.2, 0.25) is 4.84 Å². The Balaban J connectivity index is -0.000000180. The average molecular weight is 250 g/mol. The number of alkyl halides is 2. The topological polar surface area (TPSA) is 26.3 Å². The van der Waals surface area contributed by atoms with Crippen molar-refractivity contribution >= 4 is 41.0 Å². The molecule has 2 nitrogen and oxygen atoms in total. The van der Waals surface area contributed by atoms with E-state index in [4.69, 9.17) is 23.2 Å². The van der Waals surface area contributed by atoms with E-state index in [1.54, 1.807) is 0 Å². The first kappa shape index (κ1) is 12.8. The third-order valence-corrected chi connectivity index (χ3v) is 0.763. The summed E-state index contributed by atoms with van der Waals surface area (Å²) in [5.74, 6) is -0.856. The van der Waals surface area contributed by atoms with Crippen LogP contribution in [-0.4, -0.2) is 10.8 Å². The predicted octanol–water partition coefficient (Wildman–Crippen LogP) is -1.40. The number of carbonyl (C=O) groups excluding carboxylic acids is 1. The van der Waals surface area contributed by atoms with Crippen molar-refractivity contribution in [2.24, 2.45) is 0 Å². The molecular formula is C2H2Cl3O2Rb. The van der Waals surface area contributed by atoms with E-state index in [9.17, 15) is 4.79 Å². The molecule has 0 saturated heterocycles. The molecule has 0 aliphatic carbocycles. The van der Waals surface area contributed by atoms with Gasteiger partial charge in [-0.2, -0.15) is 0 Å². The van der Waals surface area contributed by atoms with Crippen molar-refractivity contribution in [1.29, 1.82) is 0 Å².